The summed E-state index contributed by atoms with van der Waals surface area (Å²) in [6.07, 6.45) is -4.49. The monoisotopic (exact) mass is 351 g/mol. The molecule has 0 aliphatic carbocycles. The molecule has 3 N–H and O–H groups in total. The summed E-state index contributed by atoms with van der Waals surface area (Å²) in [5, 5.41) is 7.20. The zero-order valence-electron chi connectivity index (χ0n) is 13.1. The first-order chi connectivity index (χ1) is 11.8. The van der Waals surface area contributed by atoms with Gasteiger partial charge in [-0.05, 0) is 23.8 Å². The summed E-state index contributed by atoms with van der Waals surface area (Å²) in [7, 11) is 0. The molecule has 3 amide bonds. The predicted molar refractivity (Wildman–Crippen MR) is 86.8 cm³/mol. The molecule has 0 fully saturated rings. The molecular formula is C17H16F3N3O2. The molecule has 0 saturated carbocycles. The van der Waals surface area contributed by atoms with Gasteiger partial charge < -0.3 is 16.0 Å². The van der Waals surface area contributed by atoms with E-state index in [2.05, 4.69) is 16.0 Å². The number of halogens is 3. The molecule has 0 heterocycles. The van der Waals surface area contributed by atoms with E-state index in [0.29, 0.717) is 6.54 Å². The van der Waals surface area contributed by atoms with E-state index in [4.69, 9.17) is 0 Å². The van der Waals surface area contributed by atoms with Crippen molar-refractivity contribution in [3.8, 4) is 0 Å². The van der Waals surface area contributed by atoms with Gasteiger partial charge in [-0.25, -0.2) is 4.79 Å². The Balaban J connectivity index is 1.78. The van der Waals surface area contributed by atoms with Gasteiger partial charge in [0, 0.05) is 12.2 Å². The summed E-state index contributed by atoms with van der Waals surface area (Å²) in [4.78, 5) is 23.3. The maximum absolute atomic E-state index is 12.6. The summed E-state index contributed by atoms with van der Waals surface area (Å²) >= 11 is 0. The zero-order valence-corrected chi connectivity index (χ0v) is 13.1. The van der Waals surface area contributed by atoms with Crippen molar-refractivity contribution in [1.29, 1.82) is 0 Å². The van der Waals surface area contributed by atoms with E-state index in [9.17, 15) is 22.8 Å². The number of amides is 3. The minimum Gasteiger partial charge on any atom is -0.334 e. The lowest BCUT2D eigenvalue weighted by Crippen LogP contribution is -2.39. The fourth-order valence-corrected chi connectivity index (χ4v) is 1.98. The van der Waals surface area contributed by atoms with Gasteiger partial charge in [-0.3, -0.25) is 4.79 Å². The fourth-order valence-electron chi connectivity index (χ4n) is 1.98. The lowest BCUT2D eigenvalue weighted by Gasteiger charge is -2.11. The number of benzene rings is 2. The fraction of sp³-hybridized carbons (Fsp3) is 0.176. The molecule has 8 heteroatoms. The highest BCUT2D eigenvalue weighted by Gasteiger charge is 2.30. The van der Waals surface area contributed by atoms with Gasteiger partial charge in [0.25, 0.3) is 0 Å². The smallest absolute Gasteiger partial charge is 0.334 e. The number of nitrogens with one attached hydrogen (secondary N) is 3. The number of carbonyl (C=O) groups excluding carboxylic acids is 2. The first-order valence-corrected chi connectivity index (χ1v) is 7.37. The molecule has 2 aromatic rings. The Labute approximate surface area is 142 Å². The largest absolute Gasteiger partial charge is 0.416 e. The third-order valence-electron chi connectivity index (χ3n) is 3.18. The molecule has 0 aliphatic heterocycles. The van der Waals surface area contributed by atoms with Gasteiger partial charge in [0.15, 0.2) is 0 Å². The molecule has 0 radical (unpaired) electrons. The summed E-state index contributed by atoms with van der Waals surface area (Å²) in [6, 6.07) is 12.9. The standard InChI is InChI=1S/C17H16F3N3O2/c18-17(19,20)13-7-4-8-14(9-13)23-15(24)11-22-16(25)21-10-12-5-2-1-3-6-12/h1-9H,10-11H2,(H,23,24)(H2,21,22,25). The average molecular weight is 351 g/mol. The number of hydrogen-bond donors (Lipinski definition) is 3. The van der Waals surface area contributed by atoms with E-state index in [-0.39, 0.29) is 12.2 Å². The van der Waals surface area contributed by atoms with Crippen LogP contribution in [0.3, 0.4) is 0 Å². The maximum Gasteiger partial charge on any atom is 0.416 e. The van der Waals surface area contributed by atoms with Crippen LogP contribution in [0.1, 0.15) is 11.1 Å². The molecule has 0 aliphatic rings. The first-order valence-electron chi connectivity index (χ1n) is 7.37. The second-order valence-corrected chi connectivity index (χ2v) is 5.15. The molecule has 2 aromatic carbocycles. The van der Waals surface area contributed by atoms with Crippen molar-refractivity contribution in [2.75, 3.05) is 11.9 Å². The molecule has 0 aromatic heterocycles. The molecule has 0 atom stereocenters. The quantitative estimate of drug-likeness (QED) is 0.774. The Morgan fingerprint density at radius 3 is 2.32 bits per heavy atom. The van der Waals surface area contributed by atoms with Crippen LogP contribution in [0.5, 0.6) is 0 Å². The van der Waals surface area contributed by atoms with Crippen LogP contribution in [-0.4, -0.2) is 18.5 Å². The van der Waals surface area contributed by atoms with Gasteiger partial charge in [-0.15, -0.1) is 0 Å². The summed E-state index contributed by atoms with van der Waals surface area (Å²) in [6.45, 7) is -0.0706. The van der Waals surface area contributed by atoms with E-state index >= 15 is 0 Å². The third kappa shape index (κ3) is 6.17. The molecular weight excluding hydrogens is 335 g/mol. The highest BCUT2D eigenvalue weighted by atomic mass is 19.4. The molecule has 132 valence electrons. The van der Waals surface area contributed by atoms with Crippen LogP contribution in [-0.2, 0) is 17.5 Å². The van der Waals surface area contributed by atoms with Gasteiger partial charge >= 0.3 is 12.2 Å². The van der Waals surface area contributed by atoms with Crippen molar-refractivity contribution < 1.29 is 22.8 Å². The second kappa shape index (κ2) is 8.18. The highest BCUT2D eigenvalue weighted by molar-refractivity contribution is 5.94. The van der Waals surface area contributed by atoms with Crippen LogP contribution < -0.4 is 16.0 Å². The average Bonchev–Trinajstić information content (AvgIpc) is 2.58. The van der Waals surface area contributed by atoms with Crippen molar-refractivity contribution in [2.24, 2.45) is 0 Å². The Morgan fingerprint density at radius 2 is 1.64 bits per heavy atom. The minimum atomic E-state index is -4.49. The van der Waals surface area contributed by atoms with E-state index in [1.807, 2.05) is 30.3 Å². The molecule has 0 bridgehead atoms. The molecule has 25 heavy (non-hydrogen) atoms. The topological polar surface area (TPSA) is 70.2 Å². The van der Waals surface area contributed by atoms with Crippen molar-refractivity contribution in [2.45, 2.75) is 12.7 Å². The lowest BCUT2D eigenvalue weighted by molar-refractivity contribution is -0.137. The van der Waals surface area contributed by atoms with Crippen molar-refractivity contribution >= 4 is 17.6 Å². The van der Waals surface area contributed by atoms with E-state index in [1.54, 1.807) is 0 Å². The van der Waals surface area contributed by atoms with Crippen LogP contribution in [0.2, 0.25) is 0 Å². The second-order valence-electron chi connectivity index (χ2n) is 5.15. The lowest BCUT2D eigenvalue weighted by atomic mass is 10.2. The number of alkyl halides is 3. The Hall–Kier alpha value is -3.03. The molecule has 0 unspecified atom stereocenters. The zero-order chi connectivity index (χ0) is 18.3. The van der Waals surface area contributed by atoms with E-state index in [0.717, 1.165) is 17.7 Å². The molecule has 0 saturated heterocycles. The SMILES string of the molecule is O=C(CNC(=O)NCc1ccccc1)Nc1cccc(C(F)(F)F)c1. The van der Waals surface area contributed by atoms with Crippen LogP contribution in [0.4, 0.5) is 23.7 Å². The number of urea groups is 1. The van der Waals surface area contributed by atoms with Crippen molar-refractivity contribution in [3.63, 3.8) is 0 Å². The molecule has 2 rings (SSSR count). The summed E-state index contributed by atoms with van der Waals surface area (Å²) in [5.41, 5.74) is 0.0382. The number of hydrogen-bond acceptors (Lipinski definition) is 2. The van der Waals surface area contributed by atoms with Gasteiger partial charge in [-0.1, -0.05) is 36.4 Å². The maximum atomic E-state index is 12.6. The predicted octanol–water partition coefficient (Wildman–Crippen LogP) is 3.14. The van der Waals surface area contributed by atoms with Crippen LogP contribution in [0, 0.1) is 0 Å². The normalized spacial score (nSPS) is 10.8. The van der Waals surface area contributed by atoms with Crippen LogP contribution in [0.25, 0.3) is 0 Å². The van der Waals surface area contributed by atoms with Gasteiger partial charge in [0.2, 0.25) is 5.91 Å². The summed E-state index contributed by atoms with van der Waals surface area (Å²) < 4.78 is 37.8. The Kier molecular flexibility index (Phi) is 5.99. The van der Waals surface area contributed by atoms with Gasteiger partial charge in [0.1, 0.15) is 0 Å². The van der Waals surface area contributed by atoms with E-state index < -0.39 is 23.7 Å². The Bertz CT molecular complexity index is 733. The number of carbonyl (C=O) groups is 2. The van der Waals surface area contributed by atoms with Crippen molar-refractivity contribution in [1.82, 2.24) is 10.6 Å². The van der Waals surface area contributed by atoms with Gasteiger partial charge in [0.05, 0.1) is 12.1 Å². The van der Waals surface area contributed by atoms with Gasteiger partial charge in [-0.2, -0.15) is 13.2 Å². The summed E-state index contributed by atoms with van der Waals surface area (Å²) in [5.74, 6) is -0.630. The third-order valence-corrected chi connectivity index (χ3v) is 3.18. The number of rotatable bonds is 5. The number of anilines is 1. The molecule has 5 nitrogen and oxygen atoms in total. The van der Waals surface area contributed by atoms with Crippen LogP contribution in [0.15, 0.2) is 54.6 Å². The molecule has 0 spiro atoms. The minimum absolute atomic E-state index is 0.00585. The van der Waals surface area contributed by atoms with E-state index in [1.165, 1.54) is 12.1 Å². The highest BCUT2D eigenvalue weighted by Crippen LogP contribution is 2.30. The first kappa shape index (κ1) is 18.3. The Morgan fingerprint density at radius 1 is 0.920 bits per heavy atom. The van der Waals surface area contributed by atoms with Crippen LogP contribution >= 0.6 is 0 Å². The van der Waals surface area contributed by atoms with Crippen molar-refractivity contribution in [3.05, 3.63) is 65.7 Å².